The van der Waals surface area contributed by atoms with Gasteiger partial charge in [-0.05, 0) is 38.2 Å². The molecule has 0 unspecified atom stereocenters. The normalized spacial score (nSPS) is 17.2. The van der Waals surface area contributed by atoms with Gasteiger partial charge < -0.3 is 14.8 Å². The summed E-state index contributed by atoms with van der Waals surface area (Å²) < 4.78 is 12.2. The third-order valence-corrected chi connectivity index (χ3v) is 5.01. The maximum atomic E-state index is 12.6. The standard InChI is InChI=1S/C19H33N3O3/c1-16(17-8-5-3-4-6-9-17)21-19(23)18-10-11-20-22(18)12-7-13-25-15-14-24-2/h10-11,16-17H,3-9,12-15H2,1-2H3,(H,21,23)/t16-/m1/s1. The van der Waals surface area contributed by atoms with Crippen LogP contribution in [0.1, 0.15) is 62.4 Å². The van der Waals surface area contributed by atoms with E-state index in [4.69, 9.17) is 9.47 Å². The van der Waals surface area contributed by atoms with E-state index in [9.17, 15) is 4.79 Å². The quantitative estimate of drug-likeness (QED) is 0.520. The summed E-state index contributed by atoms with van der Waals surface area (Å²) in [6.07, 6.45) is 10.2. The Labute approximate surface area is 151 Å². The Morgan fingerprint density at radius 1 is 1.28 bits per heavy atom. The average molecular weight is 351 g/mol. The highest BCUT2D eigenvalue weighted by Crippen LogP contribution is 2.25. The van der Waals surface area contributed by atoms with Crippen molar-refractivity contribution in [2.75, 3.05) is 26.9 Å². The van der Waals surface area contributed by atoms with E-state index < -0.39 is 0 Å². The Bertz CT molecular complexity index is 496. The van der Waals surface area contributed by atoms with Gasteiger partial charge in [0.25, 0.3) is 5.91 Å². The summed E-state index contributed by atoms with van der Waals surface area (Å²) in [7, 11) is 1.66. The lowest BCUT2D eigenvalue weighted by Gasteiger charge is -2.23. The Balaban J connectivity index is 1.78. The average Bonchev–Trinajstić information content (AvgIpc) is 2.90. The molecule has 1 aliphatic rings. The molecule has 0 spiro atoms. The van der Waals surface area contributed by atoms with Crippen LogP contribution in [0.5, 0.6) is 0 Å². The van der Waals surface area contributed by atoms with Crippen LogP contribution in [-0.2, 0) is 16.0 Å². The molecule has 2 rings (SSSR count). The second-order valence-electron chi connectivity index (χ2n) is 6.91. The number of amides is 1. The number of aromatic nitrogens is 2. The third kappa shape index (κ3) is 6.78. The van der Waals surface area contributed by atoms with Crippen molar-refractivity contribution in [3.05, 3.63) is 18.0 Å². The van der Waals surface area contributed by atoms with Crippen LogP contribution >= 0.6 is 0 Å². The van der Waals surface area contributed by atoms with Gasteiger partial charge >= 0.3 is 0 Å². The zero-order chi connectivity index (χ0) is 17.9. The first-order chi connectivity index (χ1) is 12.2. The first kappa shape index (κ1) is 19.9. The fraction of sp³-hybridized carbons (Fsp3) is 0.789. The van der Waals surface area contributed by atoms with Crippen LogP contribution in [0.2, 0.25) is 0 Å². The largest absolute Gasteiger partial charge is 0.382 e. The van der Waals surface area contributed by atoms with Crippen LogP contribution in [0.4, 0.5) is 0 Å². The van der Waals surface area contributed by atoms with Crippen LogP contribution < -0.4 is 5.32 Å². The Morgan fingerprint density at radius 2 is 2.04 bits per heavy atom. The molecule has 1 aliphatic carbocycles. The number of methoxy groups -OCH3 is 1. The molecule has 142 valence electrons. The number of hydrogen-bond donors (Lipinski definition) is 1. The third-order valence-electron chi connectivity index (χ3n) is 5.01. The minimum Gasteiger partial charge on any atom is -0.382 e. The second-order valence-corrected chi connectivity index (χ2v) is 6.91. The number of hydrogen-bond acceptors (Lipinski definition) is 4. The van der Waals surface area contributed by atoms with E-state index in [-0.39, 0.29) is 11.9 Å². The van der Waals surface area contributed by atoms with Crippen molar-refractivity contribution in [1.82, 2.24) is 15.1 Å². The van der Waals surface area contributed by atoms with Gasteiger partial charge in [-0.15, -0.1) is 0 Å². The number of nitrogens with zero attached hydrogens (tertiary/aromatic N) is 2. The van der Waals surface area contributed by atoms with Crippen LogP contribution in [0.15, 0.2) is 12.3 Å². The van der Waals surface area contributed by atoms with Crippen molar-refractivity contribution in [3.8, 4) is 0 Å². The highest BCUT2D eigenvalue weighted by Gasteiger charge is 2.22. The first-order valence-corrected chi connectivity index (χ1v) is 9.61. The molecular weight excluding hydrogens is 318 g/mol. The van der Waals surface area contributed by atoms with Crippen LogP contribution in [0.25, 0.3) is 0 Å². The summed E-state index contributed by atoms with van der Waals surface area (Å²) in [5.41, 5.74) is 0.636. The smallest absolute Gasteiger partial charge is 0.269 e. The van der Waals surface area contributed by atoms with Crippen molar-refractivity contribution in [2.45, 2.75) is 64.5 Å². The molecule has 1 aromatic rings. The fourth-order valence-electron chi connectivity index (χ4n) is 3.47. The molecule has 1 N–H and O–H groups in total. The summed E-state index contributed by atoms with van der Waals surface area (Å²) in [4.78, 5) is 12.6. The van der Waals surface area contributed by atoms with Gasteiger partial charge in [-0.3, -0.25) is 9.48 Å². The summed E-state index contributed by atoms with van der Waals surface area (Å²) in [5.74, 6) is 0.576. The van der Waals surface area contributed by atoms with E-state index in [1.165, 1.54) is 38.5 Å². The molecule has 0 aliphatic heterocycles. The van der Waals surface area contributed by atoms with Gasteiger partial charge in [-0.25, -0.2) is 0 Å². The van der Waals surface area contributed by atoms with Gasteiger partial charge in [0.2, 0.25) is 0 Å². The van der Waals surface area contributed by atoms with Crippen molar-refractivity contribution in [2.24, 2.45) is 5.92 Å². The second kappa shape index (κ2) is 11.3. The summed E-state index contributed by atoms with van der Waals surface area (Å²) in [6, 6.07) is 2.01. The first-order valence-electron chi connectivity index (χ1n) is 9.61. The minimum atomic E-state index is -0.0189. The molecule has 25 heavy (non-hydrogen) atoms. The highest BCUT2D eigenvalue weighted by molar-refractivity contribution is 5.92. The molecule has 0 aromatic carbocycles. The number of nitrogens with one attached hydrogen (secondary N) is 1. The topological polar surface area (TPSA) is 65.4 Å². The molecule has 1 saturated carbocycles. The zero-order valence-corrected chi connectivity index (χ0v) is 15.7. The van der Waals surface area contributed by atoms with Crippen molar-refractivity contribution in [3.63, 3.8) is 0 Å². The number of carbonyl (C=O) groups is 1. The molecule has 6 heteroatoms. The maximum absolute atomic E-state index is 12.6. The van der Waals surface area contributed by atoms with Gasteiger partial charge in [-0.2, -0.15) is 5.10 Å². The van der Waals surface area contributed by atoms with Crippen LogP contribution in [0.3, 0.4) is 0 Å². The lowest BCUT2D eigenvalue weighted by molar-refractivity contribution is 0.0674. The lowest BCUT2D eigenvalue weighted by Crippen LogP contribution is -2.39. The molecule has 0 saturated heterocycles. The zero-order valence-electron chi connectivity index (χ0n) is 15.7. The van der Waals surface area contributed by atoms with Gasteiger partial charge in [0.05, 0.1) is 13.2 Å². The molecule has 1 fully saturated rings. The van der Waals surface area contributed by atoms with Crippen molar-refractivity contribution < 1.29 is 14.3 Å². The summed E-state index contributed by atoms with van der Waals surface area (Å²) in [5, 5.41) is 7.47. The van der Waals surface area contributed by atoms with Gasteiger partial charge in [0.1, 0.15) is 5.69 Å². The number of aryl methyl sites for hydroxylation is 1. The maximum Gasteiger partial charge on any atom is 0.269 e. The van der Waals surface area contributed by atoms with Crippen LogP contribution in [0, 0.1) is 5.92 Å². The minimum absolute atomic E-state index is 0.0189. The van der Waals surface area contributed by atoms with Crippen molar-refractivity contribution >= 4 is 5.91 Å². The molecule has 1 amide bonds. The Morgan fingerprint density at radius 3 is 2.76 bits per heavy atom. The fourth-order valence-corrected chi connectivity index (χ4v) is 3.47. The molecule has 1 heterocycles. The molecule has 1 atom stereocenters. The van der Waals surface area contributed by atoms with E-state index in [0.717, 1.165) is 6.42 Å². The molecule has 6 nitrogen and oxygen atoms in total. The summed E-state index contributed by atoms with van der Waals surface area (Å²) >= 11 is 0. The predicted octanol–water partition coefficient (Wildman–Crippen LogP) is 3.02. The lowest BCUT2D eigenvalue weighted by atomic mass is 9.93. The van der Waals surface area contributed by atoms with Crippen LogP contribution in [-0.4, -0.2) is 48.7 Å². The van der Waals surface area contributed by atoms with Gasteiger partial charge in [0.15, 0.2) is 0 Å². The number of carbonyl (C=O) groups excluding carboxylic acids is 1. The van der Waals surface area contributed by atoms with E-state index >= 15 is 0 Å². The van der Waals surface area contributed by atoms with E-state index in [1.54, 1.807) is 24.1 Å². The van der Waals surface area contributed by atoms with E-state index in [2.05, 4.69) is 17.3 Å². The predicted molar refractivity (Wildman–Crippen MR) is 97.7 cm³/mol. The van der Waals surface area contributed by atoms with E-state index in [1.807, 2.05) is 0 Å². The highest BCUT2D eigenvalue weighted by atomic mass is 16.5. The van der Waals surface area contributed by atoms with E-state index in [0.29, 0.717) is 38.0 Å². The monoisotopic (exact) mass is 351 g/mol. The van der Waals surface area contributed by atoms with Gasteiger partial charge in [0, 0.05) is 32.5 Å². The molecular formula is C19H33N3O3. The molecule has 0 bridgehead atoms. The summed E-state index contributed by atoms with van der Waals surface area (Å²) in [6.45, 7) is 4.66. The van der Waals surface area contributed by atoms with Crippen molar-refractivity contribution in [1.29, 1.82) is 0 Å². The molecule has 0 radical (unpaired) electrons. The molecule has 1 aromatic heterocycles. The number of ether oxygens (including phenoxy) is 2. The van der Waals surface area contributed by atoms with Gasteiger partial charge in [-0.1, -0.05) is 25.7 Å². The Kier molecular flexibility index (Phi) is 8.97. The SMILES string of the molecule is COCCOCCCn1nccc1C(=O)N[C@H](C)C1CCCCCC1. The number of rotatable bonds is 10. The Hall–Kier alpha value is -1.40.